The average Bonchev–Trinajstić information content (AvgIpc) is 2.31. The maximum absolute atomic E-state index is 9.87. The first kappa shape index (κ1) is 7.75. The number of thiophene rings is 1. The summed E-state index contributed by atoms with van der Waals surface area (Å²) in [6.45, 7) is 0.625. The lowest BCUT2D eigenvalue weighted by molar-refractivity contribution is -0.109. The minimum Gasteiger partial charge on any atom is -0.354 e. The molecule has 0 radical (unpaired) electrons. The summed E-state index contributed by atoms with van der Waals surface area (Å²) in [5.41, 5.74) is 0. The van der Waals surface area contributed by atoms with Gasteiger partial charge < -0.3 is 5.32 Å². The largest absolute Gasteiger partial charge is 0.354 e. The van der Waals surface area contributed by atoms with Crippen molar-refractivity contribution in [2.75, 3.05) is 0 Å². The number of rotatable bonds is 3. The van der Waals surface area contributed by atoms with E-state index in [9.17, 15) is 4.79 Å². The molecule has 1 heterocycles. The van der Waals surface area contributed by atoms with Crippen molar-refractivity contribution >= 4 is 33.7 Å². The van der Waals surface area contributed by atoms with E-state index in [2.05, 4.69) is 21.2 Å². The second-order valence-corrected chi connectivity index (χ2v) is 3.64. The molecule has 2 nitrogen and oxygen atoms in total. The highest BCUT2D eigenvalue weighted by atomic mass is 79.9. The van der Waals surface area contributed by atoms with E-state index in [0.29, 0.717) is 13.0 Å². The Bertz CT molecular complexity index is 223. The molecule has 0 saturated heterocycles. The molecule has 1 amide bonds. The van der Waals surface area contributed by atoms with Crippen LogP contribution in [0.3, 0.4) is 0 Å². The fourth-order valence-electron chi connectivity index (χ4n) is 0.589. The molecule has 0 bridgehead atoms. The second-order valence-electron chi connectivity index (χ2n) is 1.73. The third kappa shape index (κ3) is 2.11. The van der Waals surface area contributed by atoms with E-state index in [0.717, 1.165) is 9.35 Å². The van der Waals surface area contributed by atoms with Crippen molar-refractivity contribution in [3.8, 4) is 0 Å². The van der Waals surface area contributed by atoms with Gasteiger partial charge in [-0.25, -0.2) is 0 Å². The highest BCUT2D eigenvalue weighted by molar-refractivity contribution is 9.10. The van der Waals surface area contributed by atoms with E-state index in [1.54, 1.807) is 11.3 Å². The summed E-state index contributed by atoms with van der Waals surface area (Å²) in [6.07, 6.45) is 0.702. The molecule has 0 spiro atoms. The van der Waals surface area contributed by atoms with Gasteiger partial charge in [0.2, 0.25) is 6.41 Å². The summed E-state index contributed by atoms with van der Waals surface area (Å²) in [5, 5.41) is 4.57. The Morgan fingerprint density at radius 1 is 1.80 bits per heavy atom. The van der Waals surface area contributed by atoms with Crippen LogP contribution in [0.4, 0.5) is 0 Å². The molecule has 4 heteroatoms. The van der Waals surface area contributed by atoms with Gasteiger partial charge in [0, 0.05) is 14.7 Å². The Hall–Kier alpha value is -0.350. The highest BCUT2D eigenvalue weighted by Crippen LogP contribution is 2.18. The van der Waals surface area contributed by atoms with Gasteiger partial charge in [0.1, 0.15) is 0 Å². The molecular formula is C6H6BrNOS. The van der Waals surface area contributed by atoms with E-state index in [1.807, 2.05) is 11.4 Å². The van der Waals surface area contributed by atoms with Gasteiger partial charge in [0.25, 0.3) is 0 Å². The highest BCUT2D eigenvalue weighted by Gasteiger charge is 1.94. The van der Waals surface area contributed by atoms with Gasteiger partial charge in [-0.1, -0.05) is 0 Å². The van der Waals surface area contributed by atoms with Gasteiger partial charge in [0.15, 0.2) is 0 Å². The number of hydrogen-bond donors (Lipinski definition) is 1. The van der Waals surface area contributed by atoms with Gasteiger partial charge in [-0.15, -0.1) is 11.3 Å². The predicted molar refractivity (Wildman–Crippen MR) is 44.9 cm³/mol. The number of carbonyl (C=O) groups excluding carboxylic acids is 1. The Kier molecular flexibility index (Phi) is 2.89. The van der Waals surface area contributed by atoms with Crippen LogP contribution in [0.2, 0.25) is 0 Å². The zero-order valence-electron chi connectivity index (χ0n) is 5.13. The van der Waals surface area contributed by atoms with E-state index in [4.69, 9.17) is 0 Å². The molecule has 0 aromatic carbocycles. The molecule has 0 aliphatic heterocycles. The minimum absolute atomic E-state index is 0.625. The standard InChI is InChI=1S/C6H6BrNOS/c7-5-1-6(10-3-5)2-8-4-9/h1,3-4H,2H2,(H,8,9). The van der Waals surface area contributed by atoms with E-state index in [1.165, 1.54) is 0 Å². The van der Waals surface area contributed by atoms with Crippen LogP contribution in [-0.4, -0.2) is 6.41 Å². The van der Waals surface area contributed by atoms with Crippen molar-refractivity contribution in [3.05, 3.63) is 20.8 Å². The van der Waals surface area contributed by atoms with Crippen LogP contribution in [0.15, 0.2) is 15.9 Å². The monoisotopic (exact) mass is 219 g/mol. The van der Waals surface area contributed by atoms with Gasteiger partial charge in [0.05, 0.1) is 6.54 Å². The van der Waals surface area contributed by atoms with Crippen molar-refractivity contribution in [1.82, 2.24) is 5.32 Å². The lowest BCUT2D eigenvalue weighted by atomic mass is 10.5. The molecular weight excluding hydrogens is 214 g/mol. The van der Waals surface area contributed by atoms with Crippen LogP contribution in [0.5, 0.6) is 0 Å². The topological polar surface area (TPSA) is 29.1 Å². The van der Waals surface area contributed by atoms with Crippen molar-refractivity contribution in [1.29, 1.82) is 0 Å². The number of hydrogen-bond acceptors (Lipinski definition) is 2. The third-order valence-electron chi connectivity index (χ3n) is 0.981. The maximum atomic E-state index is 9.87. The molecule has 54 valence electrons. The quantitative estimate of drug-likeness (QED) is 0.772. The smallest absolute Gasteiger partial charge is 0.207 e. The molecule has 1 N–H and O–H groups in total. The van der Waals surface area contributed by atoms with Crippen LogP contribution in [-0.2, 0) is 11.3 Å². The van der Waals surface area contributed by atoms with Crippen LogP contribution in [0.1, 0.15) is 4.88 Å². The molecule has 0 aliphatic carbocycles. The number of carbonyl (C=O) groups is 1. The molecule has 0 fully saturated rings. The fourth-order valence-corrected chi connectivity index (χ4v) is 1.99. The molecule has 10 heavy (non-hydrogen) atoms. The molecule has 0 saturated carbocycles. The molecule has 0 unspecified atom stereocenters. The van der Waals surface area contributed by atoms with Crippen molar-refractivity contribution in [2.24, 2.45) is 0 Å². The van der Waals surface area contributed by atoms with Crippen LogP contribution < -0.4 is 5.32 Å². The summed E-state index contributed by atoms with van der Waals surface area (Å²) < 4.78 is 1.07. The average molecular weight is 220 g/mol. The number of amides is 1. The second kappa shape index (κ2) is 3.73. The van der Waals surface area contributed by atoms with Crippen LogP contribution in [0, 0.1) is 0 Å². The van der Waals surface area contributed by atoms with Crippen LogP contribution >= 0.6 is 27.3 Å². The predicted octanol–water partition coefficient (Wildman–Crippen LogP) is 1.76. The van der Waals surface area contributed by atoms with E-state index < -0.39 is 0 Å². The third-order valence-corrected chi connectivity index (χ3v) is 2.68. The first-order valence-electron chi connectivity index (χ1n) is 2.73. The Morgan fingerprint density at radius 2 is 2.60 bits per heavy atom. The minimum atomic E-state index is 0.625. The molecule has 1 rings (SSSR count). The molecule has 0 aliphatic rings. The summed E-state index contributed by atoms with van der Waals surface area (Å²) in [5.74, 6) is 0. The van der Waals surface area contributed by atoms with Gasteiger partial charge >= 0.3 is 0 Å². The van der Waals surface area contributed by atoms with Crippen molar-refractivity contribution < 1.29 is 4.79 Å². The fraction of sp³-hybridized carbons (Fsp3) is 0.167. The zero-order chi connectivity index (χ0) is 7.40. The van der Waals surface area contributed by atoms with Crippen LogP contribution in [0.25, 0.3) is 0 Å². The van der Waals surface area contributed by atoms with Gasteiger partial charge in [-0.3, -0.25) is 4.79 Å². The normalized spacial score (nSPS) is 9.30. The lowest BCUT2D eigenvalue weighted by Gasteiger charge is -1.90. The number of halogens is 1. The van der Waals surface area contributed by atoms with Crippen molar-refractivity contribution in [3.63, 3.8) is 0 Å². The van der Waals surface area contributed by atoms with E-state index in [-0.39, 0.29) is 0 Å². The summed E-state index contributed by atoms with van der Waals surface area (Å²) in [6, 6.07) is 1.99. The Morgan fingerprint density at radius 3 is 3.10 bits per heavy atom. The maximum Gasteiger partial charge on any atom is 0.207 e. The van der Waals surface area contributed by atoms with Crippen molar-refractivity contribution in [2.45, 2.75) is 6.54 Å². The first-order valence-corrected chi connectivity index (χ1v) is 4.40. The number of nitrogens with one attached hydrogen (secondary N) is 1. The zero-order valence-corrected chi connectivity index (χ0v) is 7.54. The molecule has 1 aromatic heterocycles. The molecule has 0 atom stereocenters. The van der Waals surface area contributed by atoms with E-state index >= 15 is 0 Å². The Balaban J connectivity index is 2.49. The Labute approximate surface area is 71.4 Å². The SMILES string of the molecule is O=CNCc1cc(Br)cs1. The summed E-state index contributed by atoms with van der Waals surface area (Å²) in [7, 11) is 0. The summed E-state index contributed by atoms with van der Waals surface area (Å²) >= 11 is 4.94. The van der Waals surface area contributed by atoms with Gasteiger partial charge in [-0.05, 0) is 22.0 Å². The first-order chi connectivity index (χ1) is 4.83. The van der Waals surface area contributed by atoms with Gasteiger partial charge in [-0.2, -0.15) is 0 Å². The molecule has 1 aromatic rings. The lowest BCUT2D eigenvalue weighted by Crippen LogP contribution is -2.07. The summed E-state index contributed by atoms with van der Waals surface area (Å²) in [4.78, 5) is 11.0.